The highest BCUT2D eigenvalue weighted by molar-refractivity contribution is 5.96. The minimum atomic E-state index is -0.704. The predicted molar refractivity (Wildman–Crippen MR) is 97.8 cm³/mol. The summed E-state index contributed by atoms with van der Waals surface area (Å²) < 4.78 is 9.73. The molecule has 148 valence electrons. The zero-order valence-electron chi connectivity index (χ0n) is 15.3. The Bertz CT molecular complexity index is 891. The van der Waals surface area contributed by atoms with E-state index in [2.05, 4.69) is 10.6 Å². The summed E-state index contributed by atoms with van der Waals surface area (Å²) in [6.07, 6.45) is 1.20. The van der Waals surface area contributed by atoms with Gasteiger partial charge in [-0.15, -0.1) is 0 Å². The maximum atomic E-state index is 12.0. The smallest absolute Gasteiger partial charge is 0.308 e. The molecule has 0 bridgehead atoms. The van der Waals surface area contributed by atoms with Gasteiger partial charge in [-0.2, -0.15) is 0 Å². The maximum absolute atomic E-state index is 12.0. The van der Waals surface area contributed by atoms with E-state index in [1.165, 1.54) is 18.4 Å². The van der Waals surface area contributed by atoms with E-state index in [4.69, 9.17) is 9.15 Å². The maximum Gasteiger partial charge on any atom is 0.308 e. The van der Waals surface area contributed by atoms with Crippen molar-refractivity contribution in [3.8, 4) is 0 Å². The van der Waals surface area contributed by atoms with Gasteiger partial charge < -0.3 is 19.8 Å². The largest absolute Gasteiger partial charge is 0.459 e. The van der Waals surface area contributed by atoms with Crippen molar-refractivity contribution in [1.29, 1.82) is 0 Å². The lowest BCUT2D eigenvalue weighted by Crippen LogP contribution is -2.27. The topological polar surface area (TPSA) is 141 Å². The zero-order valence-corrected chi connectivity index (χ0v) is 15.3. The molecule has 10 nitrogen and oxygen atoms in total. The summed E-state index contributed by atoms with van der Waals surface area (Å²) in [6, 6.07) is 5.92. The Kier molecular flexibility index (Phi) is 6.85. The van der Waals surface area contributed by atoms with Crippen LogP contribution in [0.1, 0.15) is 28.1 Å². The van der Waals surface area contributed by atoms with Crippen LogP contribution in [0.15, 0.2) is 34.9 Å². The summed E-state index contributed by atoms with van der Waals surface area (Å²) in [7, 11) is 0. The second kappa shape index (κ2) is 9.31. The Labute approximate surface area is 160 Å². The minimum Gasteiger partial charge on any atom is -0.459 e. The Hall–Kier alpha value is -3.69. The van der Waals surface area contributed by atoms with E-state index in [-0.39, 0.29) is 30.1 Å². The molecular weight excluding hydrogens is 370 g/mol. The monoisotopic (exact) mass is 389 g/mol. The quantitative estimate of drug-likeness (QED) is 0.400. The van der Waals surface area contributed by atoms with Crippen LogP contribution in [-0.4, -0.2) is 35.9 Å². The third-order valence-corrected chi connectivity index (χ3v) is 3.90. The molecule has 0 fully saturated rings. The molecule has 2 N–H and O–H groups in total. The van der Waals surface area contributed by atoms with Gasteiger partial charge in [0.25, 0.3) is 17.5 Å². The fourth-order valence-electron chi connectivity index (χ4n) is 2.28. The molecule has 0 aliphatic heterocycles. The van der Waals surface area contributed by atoms with Crippen molar-refractivity contribution in [3.05, 3.63) is 57.5 Å². The summed E-state index contributed by atoms with van der Waals surface area (Å²) in [5, 5.41) is 16.0. The van der Waals surface area contributed by atoms with Crippen molar-refractivity contribution >= 4 is 29.2 Å². The molecular formula is C18H19N3O7. The van der Waals surface area contributed by atoms with Crippen molar-refractivity contribution in [2.24, 2.45) is 0 Å². The van der Waals surface area contributed by atoms with Gasteiger partial charge in [0.1, 0.15) is 5.69 Å². The molecule has 2 aromatic rings. The molecule has 0 radical (unpaired) electrons. The highest BCUT2D eigenvalue weighted by atomic mass is 16.6. The van der Waals surface area contributed by atoms with Crippen LogP contribution < -0.4 is 10.6 Å². The van der Waals surface area contributed by atoms with E-state index < -0.39 is 29.3 Å². The lowest BCUT2D eigenvalue weighted by atomic mass is 10.1. The Morgan fingerprint density at radius 1 is 1.21 bits per heavy atom. The number of nitro benzene ring substituents is 1. The van der Waals surface area contributed by atoms with Crippen molar-refractivity contribution in [1.82, 2.24) is 5.32 Å². The fraction of sp³-hybridized carbons (Fsp3) is 0.278. The number of furan rings is 1. The minimum absolute atomic E-state index is 0.00243. The van der Waals surface area contributed by atoms with Crippen LogP contribution in [0.5, 0.6) is 0 Å². The number of benzene rings is 1. The molecule has 0 spiro atoms. The molecule has 10 heteroatoms. The van der Waals surface area contributed by atoms with E-state index in [0.29, 0.717) is 5.56 Å². The summed E-state index contributed by atoms with van der Waals surface area (Å²) in [5.41, 5.74) is 1.14. The highest BCUT2D eigenvalue weighted by Gasteiger charge is 2.20. The first-order valence-electron chi connectivity index (χ1n) is 8.31. The van der Waals surface area contributed by atoms with Gasteiger partial charge in [0, 0.05) is 12.6 Å². The van der Waals surface area contributed by atoms with Gasteiger partial charge in [0.2, 0.25) is 0 Å². The number of aryl methyl sites for hydroxylation is 1. The van der Waals surface area contributed by atoms with Crippen LogP contribution in [-0.2, 0) is 14.3 Å². The number of rotatable bonds is 8. The van der Waals surface area contributed by atoms with Crippen LogP contribution in [0.4, 0.5) is 11.4 Å². The molecule has 0 unspecified atom stereocenters. The van der Waals surface area contributed by atoms with Crippen molar-refractivity contribution < 1.29 is 28.5 Å². The molecule has 0 aliphatic carbocycles. The van der Waals surface area contributed by atoms with Crippen LogP contribution in [0, 0.1) is 24.0 Å². The summed E-state index contributed by atoms with van der Waals surface area (Å²) in [6.45, 7) is 2.80. The van der Waals surface area contributed by atoms with Crippen LogP contribution in [0.25, 0.3) is 0 Å². The number of carbonyl (C=O) groups is 3. The average molecular weight is 389 g/mol. The van der Waals surface area contributed by atoms with Gasteiger partial charge in [0.05, 0.1) is 17.6 Å². The molecule has 0 aliphatic rings. The highest BCUT2D eigenvalue weighted by Crippen LogP contribution is 2.30. The first-order chi connectivity index (χ1) is 13.3. The van der Waals surface area contributed by atoms with Crippen molar-refractivity contribution in [2.45, 2.75) is 20.3 Å². The molecule has 1 heterocycles. The Morgan fingerprint density at radius 2 is 1.96 bits per heavy atom. The Morgan fingerprint density at radius 3 is 2.61 bits per heavy atom. The second-order valence-corrected chi connectivity index (χ2v) is 5.85. The second-order valence-electron chi connectivity index (χ2n) is 5.85. The number of hydrogen-bond donors (Lipinski definition) is 2. The van der Waals surface area contributed by atoms with E-state index in [0.717, 1.165) is 5.56 Å². The third-order valence-electron chi connectivity index (χ3n) is 3.90. The predicted octanol–water partition coefficient (Wildman–Crippen LogP) is 2.11. The molecule has 2 amide bonds. The molecule has 0 saturated heterocycles. The van der Waals surface area contributed by atoms with E-state index in [1.54, 1.807) is 26.0 Å². The van der Waals surface area contributed by atoms with Crippen LogP contribution in [0.2, 0.25) is 0 Å². The van der Waals surface area contributed by atoms with Gasteiger partial charge in [-0.25, -0.2) is 0 Å². The number of esters is 1. The summed E-state index contributed by atoms with van der Waals surface area (Å²) >= 11 is 0. The van der Waals surface area contributed by atoms with Crippen LogP contribution >= 0.6 is 0 Å². The number of ether oxygens (including phenoxy) is 1. The summed E-state index contributed by atoms with van der Waals surface area (Å²) in [4.78, 5) is 45.8. The van der Waals surface area contributed by atoms with Crippen molar-refractivity contribution in [3.63, 3.8) is 0 Å². The molecule has 0 atom stereocenters. The number of hydrogen-bond acceptors (Lipinski definition) is 7. The van der Waals surface area contributed by atoms with Gasteiger partial charge in [-0.3, -0.25) is 24.5 Å². The SMILES string of the molecule is Cc1ccc([N+](=O)[O-])c(NC(=O)COC(=O)CCNC(=O)c2ccco2)c1C. The standard InChI is InChI=1S/C18H19N3O7/c1-11-5-6-13(21(25)26)17(12(11)2)20-15(22)10-28-16(23)7-8-19-18(24)14-4-3-9-27-14/h3-6,9H,7-8,10H2,1-2H3,(H,19,24)(H,20,22). The number of nitrogens with zero attached hydrogens (tertiary/aromatic N) is 1. The number of carbonyl (C=O) groups excluding carboxylic acids is 3. The first-order valence-corrected chi connectivity index (χ1v) is 8.31. The number of nitrogens with one attached hydrogen (secondary N) is 2. The van der Waals surface area contributed by atoms with Gasteiger partial charge in [-0.1, -0.05) is 6.07 Å². The first kappa shape index (κ1) is 20.6. The molecule has 0 saturated carbocycles. The lowest BCUT2D eigenvalue weighted by molar-refractivity contribution is -0.384. The van der Waals surface area contributed by atoms with Gasteiger partial charge in [-0.05, 0) is 37.1 Å². The number of anilines is 1. The normalized spacial score (nSPS) is 10.2. The lowest BCUT2D eigenvalue weighted by Gasteiger charge is -2.11. The summed E-state index contributed by atoms with van der Waals surface area (Å²) in [5.74, 6) is -1.77. The molecule has 1 aromatic carbocycles. The molecule has 2 rings (SSSR count). The zero-order chi connectivity index (χ0) is 20.7. The van der Waals surface area contributed by atoms with E-state index in [1.807, 2.05) is 0 Å². The Balaban J connectivity index is 1.81. The molecule has 28 heavy (non-hydrogen) atoms. The van der Waals surface area contributed by atoms with Gasteiger partial charge >= 0.3 is 5.97 Å². The number of nitro groups is 1. The van der Waals surface area contributed by atoms with Crippen LogP contribution in [0.3, 0.4) is 0 Å². The third kappa shape index (κ3) is 5.40. The number of amides is 2. The molecule has 1 aromatic heterocycles. The van der Waals surface area contributed by atoms with Crippen molar-refractivity contribution in [2.75, 3.05) is 18.5 Å². The van der Waals surface area contributed by atoms with Gasteiger partial charge in [0.15, 0.2) is 12.4 Å². The van der Waals surface area contributed by atoms with E-state index in [9.17, 15) is 24.5 Å². The fourth-order valence-corrected chi connectivity index (χ4v) is 2.28. The van der Waals surface area contributed by atoms with E-state index >= 15 is 0 Å². The average Bonchev–Trinajstić information content (AvgIpc) is 3.18.